The second-order valence-corrected chi connectivity index (χ2v) is 4.19. The summed E-state index contributed by atoms with van der Waals surface area (Å²) < 4.78 is 5.66. The molecule has 0 fully saturated rings. The summed E-state index contributed by atoms with van der Waals surface area (Å²) in [7, 11) is 1.90. The van der Waals surface area contributed by atoms with Gasteiger partial charge in [-0.15, -0.1) is 0 Å². The summed E-state index contributed by atoms with van der Waals surface area (Å²) in [6, 6.07) is 6.07. The zero-order chi connectivity index (χ0) is 13.4. The first-order chi connectivity index (χ1) is 8.67. The number of aryl methyl sites for hydroxylation is 1. The van der Waals surface area contributed by atoms with Gasteiger partial charge in [0.05, 0.1) is 13.0 Å². The van der Waals surface area contributed by atoms with Gasteiger partial charge in [0, 0.05) is 18.7 Å². The minimum absolute atomic E-state index is 0.0276. The number of rotatable bonds is 7. The molecule has 0 spiro atoms. The van der Waals surface area contributed by atoms with Crippen molar-refractivity contribution in [3.05, 3.63) is 29.3 Å². The van der Waals surface area contributed by atoms with Gasteiger partial charge in [0.1, 0.15) is 5.75 Å². The highest BCUT2D eigenvalue weighted by Crippen LogP contribution is 2.20. The van der Waals surface area contributed by atoms with Crippen LogP contribution in [0, 0.1) is 6.92 Å². The Morgan fingerprint density at radius 3 is 2.83 bits per heavy atom. The molecule has 0 heterocycles. The molecule has 0 aliphatic heterocycles. The molecule has 0 bridgehead atoms. The fourth-order valence-electron chi connectivity index (χ4n) is 1.72. The number of hydrogen-bond donors (Lipinski definition) is 2. The zero-order valence-electron chi connectivity index (χ0n) is 11.4. The molecule has 1 aromatic carbocycles. The standard InChI is InChI=1S/C14H22N2O2/c1-4-16-14(17)7-8-18-13-6-5-11(2)9-12(13)10-15-3/h5-6,9,15H,4,7-8,10H2,1-3H3,(H,16,17). The summed E-state index contributed by atoms with van der Waals surface area (Å²) in [6.07, 6.45) is 0.390. The minimum Gasteiger partial charge on any atom is -0.493 e. The molecule has 1 aromatic rings. The van der Waals surface area contributed by atoms with Gasteiger partial charge in [-0.2, -0.15) is 0 Å². The van der Waals surface area contributed by atoms with Crippen LogP contribution in [-0.4, -0.2) is 26.1 Å². The quantitative estimate of drug-likeness (QED) is 0.773. The number of carbonyl (C=O) groups is 1. The first-order valence-electron chi connectivity index (χ1n) is 6.31. The van der Waals surface area contributed by atoms with Gasteiger partial charge in [-0.3, -0.25) is 4.79 Å². The molecular weight excluding hydrogens is 228 g/mol. The summed E-state index contributed by atoms with van der Waals surface area (Å²) in [4.78, 5) is 11.3. The molecule has 0 aliphatic carbocycles. The van der Waals surface area contributed by atoms with Gasteiger partial charge in [0.25, 0.3) is 0 Å². The van der Waals surface area contributed by atoms with Crippen molar-refractivity contribution >= 4 is 5.91 Å². The van der Waals surface area contributed by atoms with Crippen LogP contribution in [0.2, 0.25) is 0 Å². The van der Waals surface area contributed by atoms with Crippen molar-refractivity contribution in [3.8, 4) is 5.75 Å². The van der Waals surface area contributed by atoms with Crippen molar-refractivity contribution in [2.24, 2.45) is 0 Å². The highest BCUT2D eigenvalue weighted by atomic mass is 16.5. The number of ether oxygens (including phenoxy) is 1. The first kappa shape index (κ1) is 14.5. The summed E-state index contributed by atoms with van der Waals surface area (Å²) >= 11 is 0. The highest BCUT2D eigenvalue weighted by Gasteiger charge is 2.05. The Morgan fingerprint density at radius 1 is 1.39 bits per heavy atom. The Morgan fingerprint density at radius 2 is 2.17 bits per heavy atom. The van der Waals surface area contributed by atoms with Crippen molar-refractivity contribution in [2.45, 2.75) is 26.8 Å². The molecule has 0 radical (unpaired) electrons. The van der Waals surface area contributed by atoms with Gasteiger partial charge in [-0.05, 0) is 27.0 Å². The maximum atomic E-state index is 11.3. The minimum atomic E-state index is 0.0276. The molecule has 0 aliphatic rings. The smallest absolute Gasteiger partial charge is 0.223 e. The second-order valence-electron chi connectivity index (χ2n) is 4.19. The van der Waals surface area contributed by atoms with Crippen LogP contribution in [-0.2, 0) is 11.3 Å². The summed E-state index contributed by atoms with van der Waals surface area (Å²) in [5, 5.41) is 5.86. The molecule has 0 atom stereocenters. The molecule has 0 aromatic heterocycles. The van der Waals surface area contributed by atoms with Crippen molar-refractivity contribution in [1.29, 1.82) is 0 Å². The van der Waals surface area contributed by atoms with Crippen LogP contribution >= 0.6 is 0 Å². The van der Waals surface area contributed by atoms with Gasteiger partial charge in [-0.1, -0.05) is 17.7 Å². The van der Waals surface area contributed by atoms with Crippen LogP contribution < -0.4 is 15.4 Å². The maximum absolute atomic E-state index is 11.3. The molecule has 4 heteroatoms. The molecule has 18 heavy (non-hydrogen) atoms. The van der Waals surface area contributed by atoms with E-state index in [4.69, 9.17) is 4.74 Å². The van der Waals surface area contributed by atoms with Crippen molar-refractivity contribution in [1.82, 2.24) is 10.6 Å². The Balaban J connectivity index is 2.53. The average molecular weight is 250 g/mol. The lowest BCUT2D eigenvalue weighted by atomic mass is 10.1. The highest BCUT2D eigenvalue weighted by molar-refractivity contribution is 5.75. The predicted octanol–water partition coefficient (Wildman–Crippen LogP) is 1.62. The maximum Gasteiger partial charge on any atom is 0.223 e. The molecule has 2 N–H and O–H groups in total. The topological polar surface area (TPSA) is 50.4 Å². The number of amides is 1. The Labute approximate surface area is 109 Å². The third-order valence-electron chi connectivity index (χ3n) is 2.54. The van der Waals surface area contributed by atoms with Crippen LogP contribution in [0.3, 0.4) is 0 Å². The predicted molar refractivity (Wildman–Crippen MR) is 72.7 cm³/mol. The van der Waals surface area contributed by atoms with Crippen LogP contribution in [0.4, 0.5) is 0 Å². The van der Waals surface area contributed by atoms with E-state index in [1.165, 1.54) is 5.56 Å². The van der Waals surface area contributed by atoms with Crippen molar-refractivity contribution in [3.63, 3.8) is 0 Å². The van der Waals surface area contributed by atoms with E-state index in [0.29, 0.717) is 19.6 Å². The third-order valence-corrected chi connectivity index (χ3v) is 2.54. The monoisotopic (exact) mass is 250 g/mol. The number of benzene rings is 1. The van der Waals surface area contributed by atoms with Gasteiger partial charge < -0.3 is 15.4 Å². The molecule has 1 amide bonds. The second kappa shape index (κ2) is 7.71. The van der Waals surface area contributed by atoms with E-state index >= 15 is 0 Å². The molecule has 0 saturated carbocycles. The fourth-order valence-corrected chi connectivity index (χ4v) is 1.72. The summed E-state index contributed by atoms with van der Waals surface area (Å²) in [6.45, 7) is 5.79. The summed E-state index contributed by atoms with van der Waals surface area (Å²) in [5.41, 5.74) is 2.32. The van der Waals surface area contributed by atoms with E-state index in [1.807, 2.05) is 26.1 Å². The van der Waals surface area contributed by atoms with Crippen molar-refractivity contribution < 1.29 is 9.53 Å². The summed E-state index contributed by atoms with van der Waals surface area (Å²) in [5.74, 6) is 0.874. The van der Waals surface area contributed by atoms with Crippen LogP contribution in [0.25, 0.3) is 0 Å². The SMILES string of the molecule is CCNC(=O)CCOc1ccc(C)cc1CNC. The molecule has 4 nitrogen and oxygen atoms in total. The lowest BCUT2D eigenvalue weighted by Gasteiger charge is -2.12. The molecule has 100 valence electrons. The Kier molecular flexibility index (Phi) is 6.22. The molecule has 1 rings (SSSR count). The van der Waals surface area contributed by atoms with Gasteiger partial charge >= 0.3 is 0 Å². The largest absolute Gasteiger partial charge is 0.493 e. The van der Waals surface area contributed by atoms with E-state index < -0.39 is 0 Å². The Hall–Kier alpha value is -1.55. The lowest BCUT2D eigenvalue weighted by Crippen LogP contribution is -2.24. The lowest BCUT2D eigenvalue weighted by molar-refractivity contribution is -0.121. The van der Waals surface area contributed by atoms with E-state index in [2.05, 4.69) is 23.6 Å². The Bertz CT molecular complexity index is 391. The van der Waals surface area contributed by atoms with Gasteiger partial charge in [-0.25, -0.2) is 0 Å². The average Bonchev–Trinajstić information content (AvgIpc) is 2.33. The van der Waals surface area contributed by atoms with Crippen LogP contribution in [0.5, 0.6) is 5.75 Å². The molecule has 0 saturated heterocycles. The van der Waals surface area contributed by atoms with Gasteiger partial charge in [0.2, 0.25) is 5.91 Å². The molecular formula is C14H22N2O2. The van der Waals surface area contributed by atoms with E-state index in [9.17, 15) is 4.79 Å². The number of hydrogen-bond acceptors (Lipinski definition) is 3. The normalized spacial score (nSPS) is 10.2. The number of carbonyl (C=O) groups excluding carboxylic acids is 1. The zero-order valence-corrected chi connectivity index (χ0v) is 11.4. The van der Waals surface area contributed by atoms with E-state index in [-0.39, 0.29) is 5.91 Å². The van der Waals surface area contributed by atoms with Crippen molar-refractivity contribution in [2.75, 3.05) is 20.2 Å². The van der Waals surface area contributed by atoms with Crippen LogP contribution in [0.15, 0.2) is 18.2 Å². The fraction of sp³-hybridized carbons (Fsp3) is 0.500. The van der Waals surface area contributed by atoms with E-state index in [0.717, 1.165) is 17.9 Å². The third kappa shape index (κ3) is 4.75. The first-order valence-corrected chi connectivity index (χ1v) is 6.31. The van der Waals surface area contributed by atoms with Crippen LogP contribution in [0.1, 0.15) is 24.5 Å². The number of nitrogens with one attached hydrogen (secondary N) is 2. The molecule has 0 unspecified atom stereocenters. The van der Waals surface area contributed by atoms with Gasteiger partial charge in [0.15, 0.2) is 0 Å². The van der Waals surface area contributed by atoms with E-state index in [1.54, 1.807) is 0 Å².